The molecule has 0 aliphatic carbocycles. The lowest BCUT2D eigenvalue weighted by Gasteiger charge is -2.42. The quantitative estimate of drug-likeness (QED) is 0.739. The predicted octanol–water partition coefficient (Wildman–Crippen LogP) is 0.803. The molecule has 2 saturated heterocycles. The van der Waals surface area contributed by atoms with E-state index >= 15 is 0 Å². The SMILES string of the molecule is CC(C)N1CC2CCC(C1)N2C(=O)n1ccnn1. The maximum atomic E-state index is 12.4. The van der Waals surface area contributed by atoms with Gasteiger partial charge in [0.15, 0.2) is 0 Å². The van der Waals surface area contributed by atoms with Gasteiger partial charge in [-0.15, -0.1) is 5.10 Å². The summed E-state index contributed by atoms with van der Waals surface area (Å²) in [5.41, 5.74) is 0. The third-order valence-corrected chi connectivity index (χ3v) is 4.08. The lowest BCUT2D eigenvalue weighted by atomic mass is 10.1. The molecule has 3 rings (SSSR count). The Bertz CT molecular complexity index is 416. The summed E-state index contributed by atoms with van der Waals surface area (Å²) in [6, 6.07) is 1.20. The fourth-order valence-electron chi connectivity index (χ4n) is 3.10. The maximum Gasteiger partial charge on any atom is 0.346 e. The van der Waals surface area contributed by atoms with Gasteiger partial charge in [0, 0.05) is 31.2 Å². The Kier molecular flexibility index (Phi) is 2.81. The average Bonchev–Trinajstić information content (AvgIpc) is 2.95. The molecule has 0 saturated carbocycles. The standard InChI is InChI=1S/C12H19N5O/c1-9(2)15-7-10-3-4-11(8-15)17(10)12(18)16-6-5-13-14-16/h5-6,9-11H,3-4,7-8H2,1-2H3. The first-order valence-electron chi connectivity index (χ1n) is 6.60. The molecule has 0 N–H and O–H groups in total. The van der Waals surface area contributed by atoms with Gasteiger partial charge in [-0.25, -0.2) is 4.79 Å². The zero-order valence-corrected chi connectivity index (χ0v) is 10.9. The van der Waals surface area contributed by atoms with Crippen molar-refractivity contribution in [3.63, 3.8) is 0 Å². The minimum atomic E-state index is -0.0246. The normalized spacial score (nSPS) is 28.1. The first-order chi connectivity index (χ1) is 8.66. The second kappa shape index (κ2) is 4.35. The predicted molar refractivity (Wildman–Crippen MR) is 66.2 cm³/mol. The highest BCUT2D eigenvalue weighted by Crippen LogP contribution is 2.31. The molecule has 18 heavy (non-hydrogen) atoms. The number of amides is 1. The number of fused-ring (bicyclic) bond motifs is 2. The number of piperazine rings is 1. The molecule has 6 nitrogen and oxygen atoms in total. The second-order valence-electron chi connectivity index (χ2n) is 5.47. The highest BCUT2D eigenvalue weighted by Gasteiger charge is 2.43. The van der Waals surface area contributed by atoms with E-state index in [1.807, 2.05) is 4.90 Å². The molecule has 2 fully saturated rings. The minimum Gasteiger partial charge on any atom is -0.314 e. The lowest BCUT2D eigenvalue weighted by molar-refractivity contribution is 0.0698. The average molecular weight is 249 g/mol. The molecule has 0 radical (unpaired) electrons. The molecule has 6 heteroatoms. The minimum absolute atomic E-state index is 0.0246. The van der Waals surface area contributed by atoms with E-state index in [0.717, 1.165) is 25.9 Å². The zero-order chi connectivity index (χ0) is 12.7. The number of hydrogen-bond acceptors (Lipinski definition) is 4. The molecule has 2 aliphatic rings. The summed E-state index contributed by atoms with van der Waals surface area (Å²) in [5.74, 6) is 0. The molecule has 0 aromatic carbocycles. The van der Waals surface area contributed by atoms with Crippen LogP contribution in [-0.4, -0.2) is 62.0 Å². The number of nitrogens with zero attached hydrogens (tertiary/aromatic N) is 5. The third-order valence-electron chi connectivity index (χ3n) is 4.08. The Morgan fingerprint density at radius 1 is 1.28 bits per heavy atom. The van der Waals surface area contributed by atoms with Crippen LogP contribution < -0.4 is 0 Å². The van der Waals surface area contributed by atoms with Gasteiger partial charge in [-0.3, -0.25) is 4.90 Å². The smallest absolute Gasteiger partial charge is 0.314 e. The van der Waals surface area contributed by atoms with E-state index in [0.29, 0.717) is 18.1 Å². The zero-order valence-electron chi connectivity index (χ0n) is 10.9. The van der Waals surface area contributed by atoms with E-state index < -0.39 is 0 Å². The molecule has 0 spiro atoms. The monoisotopic (exact) mass is 249 g/mol. The van der Waals surface area contributed by atoms with Gasteiger partial charge in [-0.05, 0) is 26.7 Å². The van der Waals surface area contributed by atoms with E-state index in [4.69, 9.17) is 0 Å². The first kappa shape index (κ1) is 11.6. The Hall–Kier alpha value is -1.43. The van der Waals surface area contributed by atoms with Crippen LogP contribution in [0.3, 0.4) is 0 Å². The fraction of sp³-hybridized carbons (Fsp3) is 0.750. The Labute approximate surface area is 107 Å². The van der Waals surface area contributed by atoms with Crippen LogP contribution in [0.2, 0.25) is 0 Å². The van der Waals surface area contributed by atoms with E-state index in [1.54, 1.807) is 12.4 Å². The Morgan fingerprint density at radius 2 is 1.94 bits per heavy atom. The number of hydrogen-bond donors (Lipinski definition) is 0. The third kappa shape index (κ3) is 1.80. The van der Waals surface area contributed by atoms with Crippen molar-refractivity contribution < 1.29 is 4.79 Å². The number of aromatic nitrogens is 3. The molecule has 1 aromatic heterocycles. The summed E-state index contributed by atoms with van der Waals surface area (Å²) in [6.45, 7) is 6.39. The van der Waals surface area contributed by atoms with E-state index in [1.165, 1.54) is 4.68 Å². The topological polar surface area (TPSA) is 54.3 Å². The van der Waals surface area contributed by atoms with Gasteiger partial charge in [-0.2, -0.15) is 4.68 Å². The highest BCUT2D eigenvalue weighted by atomic mass is 16.2. The summed E-state index contributed by atoms with van der Waals surface area (Å²) < 4.78 is 1.34. The van der Waals surface area contributed by atoms with Gasteiger partial charge in [0.05, 0.1) is 12.4 Å². The van der Waals surface area contributed by atoms with Crippen molar-refractivity contribution in [3.8, 4) is 0 Å². The molecule has 2 atom stereocenters. The van der Waals surface area contributed by atoms with Crippen molar-refractivity contribution in [2.45, 2.75) is 44.8 Å². The molecule has 98 valence electrons. The summed E-state index contributed by atoms with van der Waals surface area (Å²) in [6.07, 6.45) is 5.38. The van der Waals surface area contributed by atoms with E-state index in [9.17, 15) is 4.79 Å². The van der Waals surface area contributed by atoms with Gasteiger partial charge >= 0.3 is 6.03 Å². The molecule has 2 aliphatic heterocycles. The van der Waals surface area contributed by atoms with Crippen molar-refractivity contribution >= 4 is 6.03 Å². The fourth-order valence-corrected chi connectivity index (χ4v) is 3.10. The van der Waals surface area contributed by atoms with Crippen LogP contribution in [0.25, 0.3) is 0 Å². The molecule has 3 heterocycles. The number of rotatable bonds is 1. The van der Waals surface area contributed by atoms with E-state index in [2.05, 4.69) is 29.1 Å². The van der Waals surface area contributed by atoms with Crippen molar-refractivity contribution in [1.29, 1.82) is 0 Å². The van der Waals surface area contributed by atoms with Gasteiger partial charge < -0.3 is 4.90 Å². The van der Waals surface area contributed by atoms with Crippen LogP contribution in [-0.2, 0) is 0 Å². The van der Waals surface area contributed by atoms with Gasteiger partial charge in [0.2, 0.25) is 0 Å². The molecule has 2 bridgehead atoms. The number of likely N-dealkylation sites (tertiary alicyclic amines) is 1. The van der Waals surface area contributed by atoms with Gasteiger partial charge in [-0.1, -0.05) is 5.21 Å². The Morgan fingerprint density at radius 3 is 2.44 bits per heavy atom. The maximum absolute atomic E-state index is 12.4. The molecule has 1 amide bonds. The van der Waals surface area contributed by atoms with Crippen LogP contribution in [0, 0.1) is 0 Å². The van der Waals surface area contributed by atoms with Crippen molar-refractivity contribution in [2.24, 2.45) is 0 Å². The summed E-state index contributed by atoms with van der Waals surface area (Å²) in [7, 11) is 0. The molecular weight excluding hydrogens is 230 g/mol. The first-order valence-corrected chi connectivity index (χ1v) is 6.60. The second-order valence-corrected chi connectivity index (χ2v) is 5.47. The number of carbonyl (C=O) groups excluding carboxylic acids is 1. The summed E-state index contributed by atoms with van der Waals surface area (Å²) in [4.78, 5) is 16.8. The van der Waals surface area contributed by atoms with Crippen LogP contribution >= 0.6 is 0 Å². The lowest BCUT2D eigenvalue weighted by Crippen LogP contribution is -2.58. The van der Waals surface area contributed by atoms with Crippen molar-refractivity contribution in [1.82, 2.24) is 24.8 Å². The Balaban J connectivity index is 1.78. The van der Waals surface area contributed by atoms with E-state index in [-0.39, 0.29) is 6.03 Å². The van der Waals surface area contributed by atoms with Crippen molar-refractivity contribution in [2.75, 3.05) is 13.1 Å². The number of carbonyl (C=O) groups is 1. The molecule has 1 aromatic rings. The van der Waals surface area contributed by atoms with Crippen LogP contribution in [0.5, 0.6) is 0 Å². The van der Waals surface area contributed by atoms with Crippen molar-refractivity contribution in [3.05, 3.63) is 12.4 Å². The highest BCUT2D eigenvalue weighted by molar-refractivity contribution is 5.77. The van der Waals surface area contributed by atoms with Gasteiger partial charge in [0.25, 0.3) is 0 Å². The van der Waals surface area contributed by atoms with Crippen LogP contribution in [0.15, 0.2) is 12.4 Å². The summed E-state index contributed by atoms with van der Waals surface area (Å²) in [5, 5.41) is 7.51. The van der Waals surface area contributed by atoms with Crippen LogP contribution in [0.1, 0.15) is 26.7 Å². The molecular formula is C12H19N5O. The largest absolute Gasteiger partial charge is 0.346 e. The van der Waals surface area contributed by atoms with Gasteiger partial charge in [0.1, 0.15) is 0 Å². The summed E-state index contributed by atoms with van der Waals surface area (Å²) >= 11 is 0. The molecule has 2 unspecified atom stereocenters. The van der Waals surface area contributed by atoms with Crippen LogP contribution in [0.4, 0.5) is 4.79 Å².